The largest absolute Gasteiger partial charge is 0.394 e. The average molecular weight is 171 g/mol. The van der Waals surface area contributed by atoms with Crippen molar-refractivity contribution in [2.75, 3.05) is 13.7 Å². The van der Waals surface area contributed by atoms with Crippen molar-refractivity contribution in [3.63, 3.8) is 0 Å². The van der Waals surface area contributed by atoms with E-state index in [0.29, 0.717) is 13.1 Å². The van der Waals surface area contributed by atoms with Crippen molar-refractivity contribution in [3.05, 3.63) is 18.0 Å². The summed E-state index contributed by atoms with van der Waals surface area (Å²) < 4.78 is 1.69. The predicted molar refractivity (Wildman–Crippen MR) is 43.2 cm³/mol. The van der Waals surface area contributed by atoms with E-state index in [9.17, 15) is 0 Å². The lowest BCUT2D eigenvalue weighted by Crippen LogP contribution is -2.10. The van der Waals surface area contributed by atoms with Gasteiger partial charge in [-0.15, -0.1) is 0 Å². The summed E-state index contributed by atoms with van der Waals surface area (Å²) in [6.07, 6.45) is 3.60. The molecule has 0 atom stereocenters. The molecule has 1 aromatic rings. The van der Waals surface area contributed by atoms with Crippen molar-refractivity contribution in [1.82, 2.24) is 15.3 Å². The van der Waals surface area contributed by atoms with Crippen LogP contribution in [0.25, 0.3) is 0 Å². The third-order valence-electron chi connectivity index (χ3n) is 1.44. The van der Waals surface area contributed by atoms with E-state index in [4.69, 9.17) is 5.11 Å². The Balaban J connectivity index is 2.41. The molecule has 68 valence electrons. The number of nitrogens with zero attached hydrogens (tertiary/aromatic N) is 2. The van der Waals surface area contributed by atoms with Gasteiger partial charge in [0.1, 0.15) is 0 Å². The van der Waals surface area contributed by atoms with Crippen LogP contribution in [0.3, 0.4) is 0 Å². The third-order valence-corrected chi connectivity index (χ3v) is 1.44. The number of aromatic nitrogens is 2. The molecule has 1 heterocycles. The standard InChI is InChI=1S/C7H13N3O2/c1-12-9-5-7-4-8-10(6-7)2-3-11/h4,6,9,11H,2-3,5H2,1H3. The van der Waals surface area contributed by atoms with Gasteiger partial charge in [-0.2, -0.15) is 10.6 Å². The van der Waals surface area contributed by atoms with E-state index in [0.717, 1.165) is 5.56 Å². The first-order chi connectivity index (χ1) is 5.86. The minimum Gasteiger partial charge on any atom is -0.394 e. The Labute approximate surface area is 70.9 Å². The topological polar surface area (TPSA) is 59.3 Å². The number of hydrogen-bond donors (Lipinski definition) is 2. The predicted octanol–water partition coefficient (Wildman–Crippen LogP) is -0.474. The molecule has 0 aliphatic carbocycles. The number of hydroxylamine groups is 1. The smallest absolute Gasteiger partial charge is 0.0640 e. The van der Waals surface area contributed by atoms with Crippen LogP contribution in [-0.4, -0.2) is 28.6 Å². The maximum atomic E-state index is 8.60. The molecule has 5 nitrogen and oxygen atoms in total. The average Bonchev–Trinajstić information content (AvgIpc) is 2.50. The van der Waals surface area contributed by atoms with E-state index >= 15 is 0 Å². The summed E-state index contributed by atoms with van der Waals surface area (Å²) in [5.41, 5.74) is 3.74. The first-order valence-corrected chi connectivity index (χ1v) is 3.75. The molecule has 1 rings (SSSR count). The molecule has 0 bridgehead atoms. The normalized spacial score (nSPS) is 10.5. The summed E-state index contributed by atoms with van der Waals surface area (Å²) in [4.78, 5) is 4.68. The number of rotatable bonds is 5. The van der Waals surface area contributed by atoms with Crippen molar-refractivity contribution in [2.45, 2.75) is 13.1 Å². The van der Waals surface area contributed by atoms with Crippen molar-refractivity contribution in [3.8, 4) is 0 Å². The fourth-order valence-corrected chi connectivity index (χ4v) is 0.878. The monoisotopic (exact) mass is 171 g/mol. The van der Waals surface area contributed by atoms with Crippen molar-refractivity contribution in [2.24, 2.45) is 0 Å². The van der Waals surface area contributed by atoms with Crippen LogP contribution in [0.5, 0.6) is 0 Å². The molecule has 2 N–H and O–H groups in total. The lowest BCUT2D eigenvalue weighted by Gasteiger charge is -1.97. The first-order valence-electron chi connectivity index (χ1n) is 3.75. The highest BCUT2D eigenvalue weighted by Crippen LogP contribution is 1.96. The van der Waals surface area contributed by atoms with Crippen molar-refractivity contribution in [1.29, 1.82) is 0 Å². The molecular weight excluding hydrogens is 158 g/mol. The van der Waals surface area contributed by atoms with Gasteiger partial charge < -0.3 is 9.94 Å². The zero-order valence-corrected chi connectivity index (χ0v) is 7.03. The molecule has 12 heavy (non-hydrogen) atoms. The van der Waals surface area contributed by atoms with Gasteiger partial charge in [0.2, 0.25) is 0 Å². The van der Waals surface area contributed by atoms with Crippen molar-refractivity contribution < 1.29 is 9.94 Å². The summed E-state index contributed by atoms with van der Waals surface area (Å²) in [5, 5.41) is 12.6. The minimum absolute atomic E-state index is 0.110. The van der Waals surface area contributed by atoms with Gasteiger partial charge in [-0.3, -0.25) is 4.68 Å². The molecule has 5 heteroatoms. The Bertz CT molecular complexity index is 224. The zero-order valence-electron chi connectivity index (χ0n) is 7.03. The van der Waals surface area contributed by atoms with E-state index < -0.39 is 0 Å². The van der Waals surface area contributed by atoms with Crippen LogP contribution in [0.1, 0.15) is 5.56 Å². The molecular formula is C7H13N3O2. The highest BCUT2D eigenvalue weighted by molar-refractivity contribution is 5.02. The Morgan fingerprint density at radius 2 is 2.58 bits per heavy atom. The van der Waals surface area contributed by atoms with Gasteiger partial charge in [-0.05, 0) is 0 Å². The highest BCUT2D eigenvalue weighted by Gasteiger charge is 1.96. The van der Waals surface area contributed by atoms with Crippen LogP contribution in [0, 0.1) is 0 Å². The lowest BCUT2D eigenvalue weighted by molar-refractivity contribution is 0.0867. The van der Waals surface area contributed by atoms with Gasteiger partial charge in [0.15, 0.2) is 0 Å². The lowest BCUT2D eigenvalue weighted by atomic mass is 10.4. The molecule has 0 unspecified atom stereocenters. The second-order valence-corrected chi connectivity index (χ2v) is 2.36. The fourth-order valence-electron chi connectivity index (χ4n) is 0.878. The van der Waals surface area contributed by atoms with E-state index in [-0.39, 0.29) is 6.61 Å². The minimum atomic E-state index is 0.110. The molecule has 0 amide bonds. The fraction of sp³-hybridized carbons (Fsp3) is 0.571. The Morgan fingerprint density at radius 1 is 1.75 bits per heavy atom. The molecule has 0 spiro atoms. The van der Waals surface area contributed by atoms with Crippen LogP contribution < -0.4 is 5.48 Å². The molecule has 0 fully saturated rings. The van der Waals surface area contributed by atoms with Crippen LogP contribution in [0.2, 0.25) is 0 Å². The van der Waals surface area contributed by atoms with E-state index in [1.807, 2.05) is 6.20 Å². The summed E-state index contributed by atoms with van der Waals surface area (Å²) in [6, 6.07) is 0. The molecule has 0 aliphatic heterocycles. The van der Waals surface area contributed by atoms with Crippen LogP contribution in [0.15, 0.2) is 12.4 Å². The quantitative estimate of drug-likeness (QED) is 0.588. The number of hydrogen-bond acceptors (Lipinski definition) is 4. The number of aliphatic hydroxyl groups is 1. The molecule has 0 aromatic carbocycles. The van der Waals surface area contributed by atoms with Crippen molar-refractivity contribution >= 4 is 0 Å². The van der Waals surface area contributed by atoms with E-state index in [2.05, 4.69) is 15.4 Å². The zero-order chi connectivity index (χ0) is 8.81. The van der Waals surface area contributed by atoms with Gasteiger partial charge in [0.25, 0.3) is 0 Å². The second-order valence-electron chi connectivity index (χ2n) is 2.36. The van der Waals surface area contributed by atoms with Gasteiger partial charge in [0.05, 0.1) is 26.5 Å². The maximum absolute atomic E-state index is 8.60. The van der Waals surface area contributed by atoms with E-state index in [1.54, 1.807) is 18.0 Å². The summed E-state index contributed by atoms with van der Waals surface area (Å²) >= 11 is 0. The van der Waals surface area contributed by atoms with E-state index in [1.165, 1.54) is 0 Å². The number of nitrogens with one attached hydrogen (secondary N) is 1. The van der Waals surface area contributed by atoms with Crippen LogP contribution in [-0.2, 0) is 17.9 Å². The third kappa shape index (κ3) is 2.61. The van der Waals surface area contributed by atoms with Gasteiger partial charge >= 0.3 is 0 Å². The maximum Gasteiger partial charge on any atom is 0.0640 e. The van der Waals surface area contributed by atoms with Gasteiger partial charge in [0, 0.05) is 18.3 Å². The molecule has 1 aromatic heterocycles. The Kier molecular flexibility index (Phi) is 3.72. The van der Waals surface area contributed by atoms with Gasteiger partial charge in [-0.25, -0.2) is 0 Å². The Hall–Kier alpha value is -0.910. The van der Waals surface area contributed by atoms with Gasteiger partial charge in [-0.1, -0.05) is 0 Å². The Morgan fingerprint density at radius 3 is 3.25 bits per heavy atom. The summed E-state index contributed by atoms with van der Waals surface area (Å²) in [6.45, 7) is 1.27. The molecule has 0 saturated heterocycles. The van der Waals surface area contributed by atoms with Crippen LogP contribution in [0.4, 0.5) is 0 Å². The number of aliphatic hydroxyl groups excluding tert-OH is 1. The first kappa shape index (κ1) is 9.18. The SMILES string of the molecule is CONCc1cnn(CCO)c1. The summed E-state index contributed by atoms with van der Waals surface area (Å²) in [5.74, 6) is 0. The molecule has 0 saturated carbocycles. The summed E-state index contributed by atoms with van der Waals surface area (Å²) in [7, 11) is 1.57. The molecule has 0 aliphatic rings. The highest BCUT2D eigenvalue weighted by atomic mass is 16.6. The van der Waals surface area contributed by atoms with Crippen LogP contribution >= 0.6 is 0 Å². The second kappa shape index (κ2) is 4.87. The molecule has 0 radical (unpaired) electrons.